The van der Waals surface area contributed by atoms with Crippen LogP contribution < -0.4 is 0 Å². The molecule has 0 bridgehead atoms. The van der Waals surface area contributed by atoms with Crippen LogP contribution in [0, 0.1) is 23.7 Å². The Morgan fingerprint density at radius 2 is 1.84 bits per heavy atom. The summed E-state index contributed by atoms with van der Waals surface area (Å²) in [4.78, 5) is 26.9. The Bertz CT molecular complexity index is 1070. The number of hydrogen-bond donors (Lipinski definition) is 1. The van der Waals surface area contributed by atoms with E-state index in [9.17, 15) is 23.1 Å². The largest absolute Gasteiger partial charge is 0.395 e. The highest BCUT2D eigenvalue weighted by molar-refractivity contribution is 7.89. The third-order valence-corrected chi connectivity index (χ3v) is 9.22. The first kappa shape index (κ1) is 20.6. The van der Waals surface area contributed by atoms with Gasteiger partial charge in [0.15, 0.2) is 0 Å². The molecule has 3 aliphatic carbocycles. The van der Waals surface area contributed by atoms with E-state index in [1.807, 2.05) is 30.3 Å². The maximum atomic E-state index is 13.5. The van der Waals surface area contributed by atoms with Crippen LogP contribution in [0.25, 0.3) is 5.57 Å². The number of benzene rings is 1. The van der Waals surface area contributed by atoms with Crippen molar-refractivity contribution in [3.8, 4) is 0 Å². The van der Waals surface area contributed by atoms with Crippen molar-refractivity contribution < 1.29 is 23.1 Å². The molecule has 0 aromatic heterocycles. The van der Waals surface area contributed by atoms with Crippen molar-refractivity contribution in [1.82, 2.24) is 4.31 Å². The van der Waals surface area contributed by atoms with Gasteiger partial charge in [-0.1, -0.05) is 48.4 Å². The molecule has 5 rings (SSSR count). The lowest BCUT2D eigenvalue weighted by Crippen LogP contribution is -2.58. The number of carbonyl (C=O) groups excluding carboxylic acids is 2. The van der Waals surface area contributed by atoms with Gasteiger partial charge in [0.2, 0.25) is 21.6 Å². The molecule has 0 amide bonds. The maximum absolute atomic E-state index is 13.5. The summed E-state index contributed by atoms with van der Waals surface area (Å²) >= 11 is 0. The Labute approximate surface area is 182 Å². The summed E-state index contributed by atoms with van der Waals surface area (Å²) in [6.07, 6.45) is 8.32. The summed E-state index contributed by atoms with van der Waals surface area (Å²) in [5, 5.41) is 9.36. The third-order valence-electron chi connectivity index (χ3n) is 7.53. The van der Waals surface area contributed by atoms with E-state index in [2.05, 4.69) is 6.08 Å². The fourth-order valence-corrected chi connectivity index (χ4v) is 7.61. The fourth-order valence-electron chi connectivity index (χ4n) is 6.24. The minimum absolute atomic E-state index is 0.0491. The number of nitrogens with zero attached hydrogens (tertiary/aromatic N) is 1. The lowest BCUT2D eigenvalue weighted by molar-refractivity contribution is -0.148. The van der Waals surface area contributed by atoms with Crippen molar-refractivity contribution in [3.63, 3.8) is 0 Å². The van der Waals surface area contributed by atoms with E-state index in [-0.39, 0.29) is 17.6 Å². The smallest absolute Gasteiger partial charge is 0.237 e. The van der Waals surface area contributed by atoms with E-state index < -0.39 is 46.0 Å². The van der Waals surface area contributed by atoms with E-state index in [0.29, 0.717) is 12.0 Å². The Kier molecular flexibility index (Phi) is 5.13. The topological polar surface area (TPSA) is 91.8 Å². The zero-order valence-electron chi connectivity index (χ0n) is 17.3. The van der Waals surface area contributed by atoms with Crippen molar-refractivity contribution in [1.29, 1.82) is 0 Å². The molecule has 5 atom stereocenters. The van der Waals surface area contributed by atoms with Gasteiger partial charge in [0.25, 0.3) is 0 Å². The first-order valence-corrected chi connectivity index (χ1v) is 12.7. The Hall–Kier alpha value is -2.25. The molecule has 1 aromatic rings. The van der Waals surface area contributed by atoms with Gasteiger partial charge >= 0.3 is 0 Å². The molecule has 6 nitrogen and oxygen atoms in total. The number of sulfonamides is 1. The van der Waals surface area contributed by atoms with Crippen LogP contribution in [0.15, 0.2) is 48.2 Å². The molecule has 1 aromatic carbocycles. The first-order valence-electron chi connectivity index (χ1n) is 11.1. The van der Waals surface area contributed by atoms with Crippen LogP contribution in [0.3, 0.4) is 0 Å². The molecule has 2 saturated carbocycles. The third kappa shape index (κ3) is 3.21. The van der Waals surface area contributed by atoms with Crippen molar-refractivity contribution in [3.05, 3.63) is 53.7 Å². The number of aliphatic hydroxyl groups excluding tert-OH is 1. The van der Waals surface area contributed by atoms with Crippen LogP contribution >= 0.6 is 0 Å². The highest BCUT2D eigenvalue weighted by Crippen LogP contribution is 2.53. The van der Waals surface area contributed by atoms with Crippen molar-refractivity contribution >= 4 is 27.2 Å². The van der Waals surface area contributed by atoms with E-state index in [1.165, 1.54) is 9.88 Å². The molecule has 4 aliphatic rings. The van der Waals surface area contributed by atoms with Crippen LogP contribution in [-0.2, 0) is 19.6 Å². The Morgan fingerprint density at radius 3 is 2.58 bits per heavy atom. The summed E-state index contributed by atoms with van der Waals surface area (Å²) in [5.74, 6) is -2.60. The van der Waals surface area contributed by atoms with Gasteiger partial charge in [0.1, 0.15) is 0 Å². The zero-order valence-corrected chi connectivity index (χ0v) is 18.1. The van der Waals surface area contributed by atoms with Crippen LogP contribution in [0.5, 0.6) is 0 Å². The van der Waals surface area contributed by atoms with E-state index >= 15 is 0 Å². The van der Waals surface area contributed by atoms with Gasteiger partial charge < -0.3 is 5.11 Å². The summed E-state index contributed by atoms with van der Waals surface area (Å²) in [6.45, 7) is -0.488. The number of ketones is 2. The zero-order chi connectivity index (χ0) is 21.8. The molecule has 1 heterocycles. The number of fused-ring (bicyclic) bond motifs is 5. The lowest BCUT2D eigenvalue weighted by Gasteiger charge is -2.48. The van der Waals surface area contributed by atoms with Crippen LogP contribution in [0.1, 0.15) is 37.7 Å². The number of carbonyl (C=O) groups is 2. The molecule has 5 unspecified atom stereocenters. The van der Waals surface area contributed by atoms with Crippen molar-refractivity contribution in [2.75, 3.05) is 12.4 Å². The minimum atomic E-state index is -3.82. The normalized spacial score (nSPS) is 32.7. The number of aliphatic hydroxyl groups is 1. The van der Waals surface area contributed by atoms with E-state index in [1.54, 1.807) is 6.20 Å². The molecule has 7 heteroatoms. The molecule has 0 radical (unpaired) electrons. The van der Waals surface area contributed by atoms with Crippen LogP contribution in [-0.4, -0.2) is 47.8 Å². The van der Waals surface area contributed by atoms with Gasteiger partial charge in [0, 0.05) is 12.1 Å². The van der Waals surface area contributed by atoms with Gasteiger partial charge in [-0.2, -0.15) is 0 Å². The molecule has 0 saturated heterocycles. The number of Topliss-reactive ketones (excluding diaryl/α,β-unsaturated/α-hetero) is 2. The predicted octanol–water partition coefficient (Wildman–Crippen LogP) is 2.55. The van der Waals surface area contributed by atoms with E-state index in [4.69, 9.17) is 0 Å². The van der Waals surface area contributed by atoms with Gasteiger partial charge in [-0.25, -0.2) is 8.42 Å². The summed E-state index contributed by atoms with van der Waals surface area (Å²) in [7, 11) is -3.82. The minimum Gasteiger partial charge on any atom is -0.395 e. The highest BCUT2D eigenvalue weighted by atomic mass is 32.2. The van der Waals surface area contributed by atoms with Gasteiger partial charge in [-0.15, -0.1) is 0 Å². The highest BCUT2D eigenvalue weighted by Gasteiger charge is 2.59. The summed E-state index contributed by atoms with van der Waals surface area (Å²) in [6, 6.07) is 8.61. The average Bonchev–Trinajstić information content (AvgIpc) is 3.19. The number of allylic oxidation sites excluding steroid dienone is 2. The fraction of sp³-hybridized carbons (Fsp3) is 0.500. The lowest BCUT2D eigenvalue weighted by atomic mass is 9.57. The summed E-state index contributed by atoms with van der Waals surface area (Å²) < 4.78 is 27.5. The second-order valence-corrected chi connectivity index (χ2v) is 11.1. The van der Waals surface area contributed by atoms with Crippen LogP contribution in [0.2, 0.25) is 0 Å². The molecule has 0 spiro atoms. The maximum Gasteiger partial charge on any atom is 0.237 e. The second-order valence-electron chi connectivity index (χ2n) is 9.07. The van der Waals surface area contributed by atoms with Gasteiger partial charge in [-0.05, 0) is 48.7 Å². The van der Waals surface area contributed by atoms with Crippen molar-refractivity contribution in [2.24, 2.45) is 23.7 Å². The SMILES string of the molecule is O=C1C(=O)C2C3CCCCC3=CCC2C2C1C(c1ccccc1)=CN2S(=O)(=O)CCO. The predicted molar refractivity (Wildman–Crippen MR) is 116 cm³/mol. The standard InChI is InChI=1S/C24H27NO5S/c26-12-13-31(29,30)25-14-19(15-6-2-1-3-7-15)21-22(25)18-11-10-16-8-4-5-9-17(16)20(18)23(27)24(21)28/h1-3,6-7,10,14,17-18,20-22,26H,4-5,8-9,11-13H2. The average molecular weight is 442 g/mol. The van der Waals surface area contributed by atoms with Gasteiger partial charge in [-0.3, -0.25) is 13.9 Å². The van der Waals surface area contributed by atoms with Gasteiger partial charge in [0.05, 0.1) is 24.3 Å². The van der Waals surface area contributed by atoms with E-state index in [0.717, 1.165) is 31.2 Å². The molecule has 164 valence electrons. The molecule has 31 heavy (non-hydrogen) atoms. The molecular formula is C24H27NO5S. The second kappa shape index (κ2) is 7.71. The van der Waals surface area contributed by atoms with Crippen LogP contribution in [0.4, 0.5) is 0 Å². The first-order chi connectivity index (χ1) is 14.9. The molecule has 2 fully saturated rings. The summed E-state index contributed by atoms with van der Waals surface area (Å²) in [5.41, 5.74) is 2.61. The molecule has 1 N–H and O–H groups in total. The quantitative estimate of drug-likeness (QED) is 0.573. The monoisotopic (exact) mass is 441 g/mol. The number of rotatable bonds is 4. The molecule has 1 aliphatic heterocycles. The molecular weight excluding hydrogens is 414 g/mol. The number of hydrogen-bond acceptors (Lipinski definition) is 5. The van der Waals surface area contributed by atoms with Crippen molar-refractivity contribution in [2.45, 2.75) is 38.1 Å². The Morgan fingerprint density at radius 1 is 1.06 bits per heavy atom. The Balaban J connectivity index is 1.64.